The van der Waals surface area contributed by atoms with Crippen molar-refractivity contribution in [2.45, 2.75) is 32.9 Å². The van der Waals surface area contributed by atoms with Crippen molar-refractivity contribution in [2.24, 2.45) is 0 Å². The number of hydrogen-bond donors (Lipinski definition) is 1. The van der Waals surface area contributed by atoms with Crippen molar-refractivity contribution in [1.29, 1.82) is 0 Å². The second-order valence-corrected chi connectivity index (χ2v) is 5.59. The number of nitrogens with one attached hydrogen (secondary N) is 1. The summed E-state index contributed by atoms with van der Waals surface area (Å²) in [4.78, 5) is 0. The van der Waals surface area contributed by atoms with Crippen LogP contribution in [-0.4, -0.2) is 7.11 Å². The summed E-state index contributed by atoms with van der Waals surface area (Å²) in [5.74, 6) is 0.862. The Balaban J connectivity index is 2.03. The van der Waals surface area contributed by atoms with E-state index in [2.05, 4.69) is 43.4 Å². The van der Waals surface area contributed by atoms with Crippen molar-refractivity contribution < 1.29 is 4.74 Å². The number of ether oxygens (including phenoxy) is 1. The third-order valence-electron chi connectivity index (χ3n) is 3.73. The third kappa shape index (κ3) is 4.23. The third-order valence-corrected chi connectivity index (χ3v) is 3.96. The van der Waals surface area contributed by atoms with Crippen molar-refractivity contribution in [1.82, 2.24) is 5.32 Å². The molecule has 1 atom stereocenters. The van der Waals surface area contributed by atoms with E-state index in [1.165, 1.54) is 11.1 Å². The molecule has 2 aromatic rings. The molecule has 0 spiro atoms. The summed E-state index contributed by atoms with van der Waals surface area (Å²) < 4.78 is 5.37. The molecule has 112 valence electrons. The zero-order chi connectivity index (χ0) is 15.2. The van der Waals surface area contributed by atoms with Crippen LogP contribution in [0.3, 0.4) is 0 Å². The minimum absolute atomic E-state index is 0.277. The van der Waals surface area contributed by atoms with Gasteiger partial charge in [0.2, 0.25) is 0 Å². The first-order chi connectivity index (χ1) is 10.1. The molecule has 1 unspecified atom stereocenters. The first-order valence-electron chi connectivity index (χ1n) is 7.28. The van der Waals surface area contributed by atoms with Crippen LogP contribution in [0.4, 0.5) is 0 Å². The van der Waals surface area contributed by atoms with Crippen molar-refractivity contribution >= 4 is 11.6 Å². The zero-order valence-electron chi connectivity index (χ0n) is 12.8. The van der Waals surface area contributed by atoms with Crippen LogP contribution in [0.25, 0.3) is 0 Å². The van der Waals surface area contributed by atoms with Gasteiger partial charge in [-0.3, -0.25) is 0 Å². The zero-order valence-corrected chi connectivity index (χ0v) is 13.6. The highest BCUT2D eigenvalue weighted by molar-refractivity contribution is 6.30. The summed E-state index contributed by atoms with van der Waals surface area (Å²) in [6.07, 6.45) is 1.07. The molecule has 0 radical (unpaired) electrons. The lowest BCUT2D eigenvalue weighted by molar-refractivity contribution is 0.406. The Labute approximate surface area is 132 Å². The second-order valence-electron chi connectivity index (χ2n) is 5.15. The number of aryl methyl sites for hydroxylation is 1. The average molecular weight is 304 g/mol. The van der Waals surface area contributed by atoms with Gasteiger partial charge in [0.15, 0.2) is 0 Å². The summed E-state index contributed by atoms with van der Waals surface area (Å²) in [5.41, 5.74) is 3.72. The smallest absolute Gasteiger partial charge is 0.123 e. The van der Waals surface area contributed by atoms with Crippen molar-refractivity contribution in [3.63, 3.8) is 0 Å². The standard InChI is InChI=1S/C18H22ClNO/c1-4-14-5-7-15(8-6-14)13(2)20-12-16-11-17(19)9-10-18(16)21-3/h5-11,13,20H,4,12H2,1-3H3. The lowest BCUT2D eigenvalue weighted by Gasteiger charge is -2.16. The molecule has 1 N–H and O–H groups in total. The Kier molecular flexibility index (Phi) is 5.66. The topological polar surface area (TPSA) is 21.3 Å². The molecular weight excluding hydrogens is 282 g/mol. The van der Waals surface area contributed by atoms with E-state index in [0.717, 1.165) is 29.3 Å². The summed E-state index contributed by atoms with van der Waals surface area (Å²) in [6.45, 7) is 5.06. The van der Waals surface area contributed by atoms with Crippen molar-refractivity contribution in [3.05, 3.63) is 64.2 Å². The van der Waals surface area contributed by atoms with E-state index in [1.807, 2.05) is 18.2 Å². The molecule has 0 fully saturated rings. The first kappa shape index (κ1) is 15.9. The van der Waals surface area contributed by atoms with Gasteiger partial charge in [0, 0.05) is 23.2 Å². The summed E-state index contributed by atoms with van der Waals surface area (Å²) >= 11 is 6.06. The summed E-state index contributed by atoms with van der Waals surface area (Å²) in [5, 5.41) is 4.25. The fraction of sp³-hybridized carbons (Fsp3) is 0.333. The highest BCUT2D eigenvalue weighted by Gasteiger charge is 2.08. The molecule has 0 bridgehead atoms. The minimum atomic E-state index is 0.277. The molecule has 2 aromatic carbocycles. The molecule has 2 nitrogen and oxygen atoms in total. The monoisotopic (exact) mass is 303 g/mol. The molecule has 0 saturated heterocycles. The highest BCUT2D eigenvalue weighted by atomic mass is 35.5. The molecule has 3 heteroatoms. The van der Waals surface area contributed by atoms with Gasteiger partial charge >= 0.3 is 0 Å². The minimum Gasteiger partial charge on any atom is -0.496 e. The Morgan fingerprint density at radius 1 is 1.14 bits per heavy atom. The Hall–Kier alpha value is -1.51. The van der Waals surface area contributed by atoms with Gasteiger partial charge in [0.25, 0.3) is 0 Å². The SMILES string of the molecule is CCc1ccc(C(C)NCc2cc(Cl)ccc2OC)cc1. The lowest BCUT2D eigenvalue weighted by Crippen LogP contribution is -2.18. The molecule has 2 rings (SSSR count). The van der Waals surface area contributed by atoms with Crippen LogP contribution >= 0.6 is 11.6 Å². The largest absolute Gasteiger partial charge is 0.496 e. The summed E-state index contributed by atoms with van der Waals surface area (Å²) in [6, 6.07) is 14.7. The lowest BCUT2D eigenvalue weighted by atomic mass is 10.0. The van der Waals surface area contributed by atoms with Gasteiger partial charge in [-0.1, -0.05) is 42.8 Å². The molecule has 0 aromatic heterocycles. The average Bonchev–Trinajstić information content (AvgIpc) is 2.52. The molecule has 0 aliphatic heterocycles. The van der Waals surface area contributed by atoms with E-state index < -0.39 is 0 Å². The molecule has 21 heavy (non-hydrogen) atoms. The van der Waals surface area contributed by atoms with Gasteiger partial charge in [-0.2, -0.15) is 0 Å². The van der Waals surface area contributed by atoms with Gasteiger partial charge in [-0.05, 0) is 42.7 Å². The van der Waals surface area contributed by atoms with E-state index in [0.29, 0.717) is 0 Å². The van der Waals surface area contributed by atoms with Crippen LogP contribution in [0.15, 0.2) is 42.5 Å². The van der Waals surface area contributed by atoms with Gasteiger partial charge in [0.05, 0.1) is 7.11 Å². The fourth-order valence-corrected chi connectivity index (χ4v) is 2.50. The molecule has 0 aliphatic rings. The van der Waals surface area contributed by atoms with Gasteiger partial charge in [0.1, 0.15) is 5.75 Å². The van der Waals surface area contributed by atoms with Crippen molar-refractivity contribution in [2.75, 3.05) is 7.11 Å². The quantitative estimate of drug-likeness (QED) is 0.830. The van der Waals surface area contributed by atoms with Crippen molar-refractivity contribution in [3.8, 4) is 5.75 Å². The maximum atomic E-state index is 6.06. The number of halogens is 1. The molecule has 0 saturated carbocycles. The first-order valence-corrected chi connectivity index (χ1v) is 7.66. The van der Waals surface area contributed by atoms with Crippen LogP contribution in [-0.2, 0) is 13.0 Å². The van der Waals surface area contributed by atoms with Gasteiger partial charge in [-0.15, -0.1) is 0 Å². The van der Waals surface area contributed by atoms with Gasteiger partial charge < -0.3 is 10.1 Å². The predicted molar refractivity (Wildman–Crippen MR) is 89.1 cm³/mol. The van der Waals surface area contributed by atoms with E-state index in [4.69, 9.17) is 16.3 Å². The van der Waals surface area contributed by atoms with E-state index in [1.54, 1.807) is 7.11 Å². The number of benzene rings is 2. The number of hydrogen-bond acceptors (Lipinski definition) is 2. The Morgan fingerprint density at radius 2 is 1.86 bits per heavy atom. The van der Waals surface area contributed by atoms with Crippen LogP contribution in [0.1, 0.15) is 36.6 Å². The van der Waals surface area contributed by atoms with Crippen LogP contribution < -0.4 is 10.1 Å². The Bertz CT molecular complexity index is 580. The second kappa shape index (κ2) is 7.48. The Morgan fingerprint density at radius 3 is 2.48 bits per heavy atom. The molecule has 0 amide bonds. The van der Waals surface area contributed by atoms with E-state index in [9.17, 15) is 0 Å². The van der Waals surface area contributed by atoms with Crippen LogP contribution in [0.5, 0.6) is 5.75 Å². The molecule has 0 heterocycles. The molecule has 0 aliphatic carbocycles. The van der Waals surface area contributed by atoms with Crippen LogP contribution in [0.2, 0.25) is 5.02 Å². The maximum absolute atomic E-state index is 6.06. The van der Waals surface area contributed by atoms with Crippen LogP contribution in [0, 0.1) is 0 Å². The van der Waals surface area contributed by atoms with Gasteiger partial charge in [-0.25, -0.2) is 0 Å². The predicted octanol–water partition coefficient (Wildman–Crippen LogP) is 4.76. The normalized spacial score (nSPS) is 12.2. The fourth-order valence-electron chi connectivity index (χ4n) is 2.31. The van der Waals surface area contributed by atoms with E-state index in [-0.39, 0.29) is 6.04 Å². The number of rotatable bonds is 6. The van der Waals surface area contributed by atoms with E-state index >= 15 is 0 Å². The summed E-state index contributed by atoms with van der Waals surface area (Å²) in [7, 11) is 1.68. The highest BCUT2D eigenvalue weighted by Crippen LogP contribution is 2.23. The number of methoxy groups -OCH3 is 1. The molecular formula is C18H22ClNO. The maximum Gasteiger partial charge on any atom is 0.123 e.